The lowest BCUT2D eigenvalue weighted by Crippen LogP contribution is -2.49. The number of halogens is 2. The third kappa shape index (κ3) is 2.17. The van der Waals surface area contributed by atoms with Gasteiger partial charge in [0.05, 0.1) is 5.69 Å². The molecule has 1 aliphatic rings. The topological polar surface area (TPSA) is 3.24 Å². The van der Waals surface area contributed by atoms with Crippen molar-refractivity contribution in [1.29, 1.82) is 0 Å². The molecule has 1 nitrogen and oxygen atoms in total. The van der Waals surface area contributed by atoms with Gasteiger partial charge in [-0.15, -0.1) is 0 Å². The molecular weight excluding hydrogens is 257 g/mol. The Morgan fingerprint density at radius 1 is 1.40 bits per heavy atom. The molecule has 0 radical (unpaired) electrons. The molecule has 0 aromatic heterocycles. The van der Waals surface area contributed by atoms with Crippen molar-refractivity contribution in [1.82, 2.24) is 0 Å². The molecule has 1 saturated heterocycles. The normalized spacial score (nSPS) is 17.0. The van der Waals surface area contributed by atoms with Crippen molar-refractivity contribution in [3.8, 4) is 0 Å². The van der Waals surface area contributed by atoms with Gasteiger partial charge in [-0.05, 0) is 46.0 Å². The molecule has 15 heavy (non-hydrogen) atoms. The van der Waals surface area contributed by atoms with Crippen LogP contribution in [0.3, 0.4) is 0 Å². The van der Waals surface area contributed by atoms with Gasteiger partial charge in [-0.1, -0.05) is 13.8 Å². The second kappa shape index (κ2) is 4.12. The van der Waals surface area contributed by atoms with E-state index in [1.54, 1.807) is 12.1 Å². The molecule has 1 aromatic carbocycles. The van der Waals surface area contributed by atoms with Crippen molar-refractivity contribution >= 4 is 21.6 Å². The molecule has 1 aromatic rings. The highest BCUT2D eigenvalue weighted by atomic mass is 79.9. The summed E-state index contributed by atoms with van der Waals surface area (Å²) in [7, 11) is 0. The van der Waals surface area contributed by atoms with Gasteiger partial charge in [-0.3, -0.25) is 0 Å². The molecule has 1 fully saturated rings. The smallest absolute Gasteiger partial charge is 0.125 e. The van der Waals surface area contributed by atoms with Crippen molar-refractivity contribution < 1.29 is 4.39 Å². The predicted octanol–water partition coefficient (Wildman–Crippen LogP) is 3.68. The molecule has 0 atom stereocenters. The van der Waals surface area contributed by atoms with Crippen LogP contribution in [-0.2, 0) is 0 Å². The van der Waals surface area contributed by atoms with Crippen molar-refractivity contribution in [3.63, 3.8) is 0 Å². The summed E-state index contributed by atoms with van der Waals surface area (Å²) < 4.78 is 14.1. The Morgan fingerprint density at radius 2 is 2.07 bits per heavy atom. The Labute approximate surface area is 98.4 Å². The molecule has 0 bridgehead atoms. The minimum absolute atomic E-state index is 0.166. The molecule has 1 aliphatic heterocycles. The van der Waals surface area contributed by atoms with Gasteiger partial charge < -0.3 is 4.90 Å². The largest absolute Gasteiger partial charge is 0.370 e. The average Bonchev–Trinajstić information content (AvgIpc) is 2.08. The SMILES string of the molecule is CC(C)C1CN(c2cc(F)ccc2Br)C1. The van der Waals surface area contributed by atoms with Crippen LogP contribution in [0.15, 0.2) is 22.7 Å². The van der Waals surface area contributed by atoms with E-state index >= 15 is 0 Å². The Kier molecular flexibility index (Phi) is 3.01. The molecule has 82 valence electrons. The molecule has 0 N–H and O–H groups in total. The zero-order valence-electron chi connectivity index (χ0n) is 9.00. The Bertz CT molecular complexity index is 359. The van der Waals surface area contributed by atoms with Crippen LogP contribution >= 0.6 is 15.9 Å². The van der Waals surface area contributed by atoms with E-state index in [4.69, 9.17) is 0 Å². The molecule has 3 heteroatoms. The van der Waals surface area contributed by atoms with Crippen LogP contribution in [0.2, 0.25) is 0 Å². The molecule has 0 aliphatic carbocycles. The Morgan fingerprint density at radius 3 is 2.67 bits per heavy atom. The standard InChI is InChI=1S/C12H15BrFN/c1-8(2)9-6-15(7-9)12-5-10(14)3-4-11(12)13/h3-5,8-9H,6-7H2,1-2H3. The molecule has 2 rings (SSSR count). The van der Waals surface area contributed by atoms with E-state index < -0.39 is 0 Å². The van der Waals surface area contributed by atoms with Crippen LogP contribution in [-0.4, -0.2) is 13.1 Å². The average molecular weight is 272 g/mol. The minimum atomic E-state index is -0.166. The molecule has 1 heterocycles. The highest BCUT2D eigenvalue weighted by Crippen LogP contribution is 2.34. The van der Waals surface area contributed by atoms with E-state index in [0.717, 1.165) is 29.2 Å². The first kappa shape index (κ1) is 10.9. The van der Waals surface area contributed by atoms with Crippen molar-refractivity contribution in [2.24, 2.45) is 11.8 Å². The molecule has 0 saturated carbocycles. The van der Waals surface area contributed by atoms with Gasteiger partial charge >= 0.3 is 0 Å². The summed E-state index contributed by atoms with van der Waals surface area (Å²) in [6.45, 7) is 6.56. The molecule has 0 amide bonds. The maximum atomic E-state index is 13.1. The summed E-state index contributed by atoms with van der Waals surface area (Å²) in [5, 5.41) is 0. The second-order valence-corrected chi connectivity index (χ2v) is 5.36. The number of rotatable bonds is 2. The van der Waals surface area contributed by atoms with Crippen LogP contribution in [0.1, 0.15) is 13.8 Å². The van der Waals surface area contributed by atoms with Crippen LogP contribution in [0.4, 0.5) is 10.1 Å². The maximum Gasteiger partial charge on any atom is 0.125 e. The van der Waals surface area contributed by atoms with Gasteiger partial charge in [0.2, 0.25) is 0 Å². The van der Waals surface area contributed by atoms with Crippen molar-refractivity contribution in [2.75, 3.05) is 18.0 Å². The first-order valence-electron chi connectivity index (χ1n) is 5.28. The second-order valence-electron chi connectivity index (χ2n) is 4.50. The maximum absolute atomic E-state index is 13.1. The third-order valence-corrected chi connectivity index (χ3v) is 3.77. The molecule has 0 spiro atoms. The zero-order chi connectivity index (χ0) is 11.0. The van der Waals surface area contributed by atoms with Gasteiger partial charge in [0.25, 0.3) is 0 Å². The summed E-state index contributed by atoms with van der Waals surface area (Å²) in [6.07, 6.45) is 0. The quantitative estimate of drug-likeness (QED) is 0.793. The van der Waals surface area contributed by atoms with Gasteiger partial charge in [-0.2, -0.15) is 0 Å². The molecular formula is C12H15BrFN. The van der Waals surface area contributed by atoms with Crippen LogP contribution in [0.25, 0.3) is 0 Å². The fourth-order valence-electron chi connectivity index (χ4n) is 1.86. The number of hydrogen-bond acceptors (Lipinski definition) is 1. The van der Waals surface area contributed by atoms with E-state index in [1.807, 2.05) is 0 Å². The van der Waals surface area contributed by atoms with E-state index in [9.17, 15) is 4.39 Å². The first-order valence-corrected chi connectivity index (χ1v) is 6.07. The Hall–Kier alpha value is -0.570. The van der Waals surface area contributed by atoms with Crippen LogP contribution in [0, 0.1) is 17.7 Å². The molecule has 0 unspecified atom stereocenters. The monoisotopic (exact) mass is 271 g/mol. The van der Waals surface area contributed by atoms with E-state index in [0.29, 0.717) is 5.92 Å². The number of nitrogens with zero attached hydrogens (tertiary/aromatic N) is 1. The fourth-order valence-corrected chi connectivity index (χ4v) is 2.36. The highest BCUT2D eigenvalue weighted by Gasteiger charge is 2.30. The summed E-state index contributed by atoms with van der Waals surface area (Å²) in [4.78, 5) is 2.22. The van der Waals surface area contributed by atoms with E-state index in [-0.39, 0.29) is 5.82 Å². The lowest BCUT2D eigenvalue weighted by Gasteiger charge is -2.43. The lowest BCUT2D eigenvalue weighted by molar-refractivity contribution is 0.309. The highest BCUT2D eigenvalue weighted by molar-refractivity contribution is 9.10. The summed E-state index contributed by atoms with van der Waals surface area (Å²) in [5.41, 5.74) is 0.979. The van der Waals surface area contributed by atoms with Gasteiger partial charge in [0.15, 0.2) is 0 Å². The summed E-state index contributed by atoms with van der Waals surface area (Å²) in [5.74, 6) is 1.30. The van der Waals surface area contributed by atoms with Gasteiger partial charge in [0.1, 0.15) is 5.82 Å². The fraction of sp³-hybridized carbons (Fsp3) is 0.500. The summed E-state index contributed by atoms with van der Waals surface area (Å²) in [6, 6.07) is 4.85. The first-order chi connectivity index (χ1) is 7.08. The summed E-state index contributed by atoms with van der Waals surface area (Å²) >= 11 is 3.45. The van der Waals surface area contributed by atoms with Crippen molar-refractivity contribution in [3.05, 3.63) is 28.5 Å². The van der Waals surface area contributed by atoms with Crippen LogP contribution in [0.5, 0.6) is 0 Å². The van der Waals surface area contributed by atoms with Gasteiger partial charge in [-0.25, -0.2) is 4.39 Å². The minimum Gasteiger partial charge on any atom is -0.370 e. The predicted molar refractivity (Wildman–Crippen MR) is 64.6 cm³/mol. The van der Waals surface area contributed by atoms with Crippen LogP contribution < -0.4 is 4.90 Å². The number of hydrogen-bond donors (Lipinski definition) is 0. The zero-order valence-corrected chi connectivity index (χ0v) is 10.6. The lowest BCUT2D eigenvalue weighted by atomic mass is 9.88. The third-order valence-electron chi connectivity index (χ3n) is 3.10. The number of anilines is 1. The van der Waals surface area contributed by atoms with Crippen molar-refractivity contribution in [2.45, 2.75) is 13.8 Å². The Balaban J connectivity index is 2.09. The van der Waals surface area contributed by atoms with E-state index in [2.05, 4.69) is 34.7 Å². The van der Waals surface area contributed by atoms with E-state index in [1.165, 1.54) is 6.07 Å². The number of benzene rings is 1. The van der Waals surface area contributed by atoms with Gasteiger partial charge in [0, 0.05) is 17.6 Å².